The zero-order chi connectivity index (χ0) is 21.1. The lowest BCUT2D eigenvalue weighted by molar-refractivity contribution is -0.138. The number of esters is 1. The molecule has 1 heterocycles. The van der Waals surface area contributed by atoms with Crippen molar-refractivity contribution in [3.63, 3.8) is 0 Å². The predicted molar refractivity (Wildman–Crippen MR) is 109 cm³/mol. The molecule has 0 atom stereocenters. The van der Waals surface area contributed by atoms with Crippen molar-refractivity contribution in [2.45, 2.75) is 19.9 Å². The van der Waals surface area contributed by atoms with Crippen LogP contribution in [0, 0.1) is 0 Å². The van der Waals surface area contributed by atoms with Gasteiger partial charge in [0.2, 0.25) is 0 Å². The lowest BCUT2D eigenvalue weighted by Crippen LogP contribution is -2.31. The van der Waals surface area contributed by atoms with Crippen molar-refractivity contribution >= 4 is 46.6 Å². The van der Waals surface area contributed by atoms with E-state index in [0.29, 0.717) is 22.8 Å². The Balaban J connectivity index is 1.79. The molecule has 29 heavy (non-hydrogen) atoms. The number of amides is 2. The Kier molecular flexibility index (Phi) is 6.25. The van der Waals surface area contributed by atoms with E-state index < -0.39 is 23.5 Å². The van der Waals surface area contributed by atoms with Gasteiger partial charge in [-0.1, -0.05) is 48.3 Å². The fourth-order valence-corrected chi connectivity index (χ4v) is 3.35. The molecule has 8 heteroatoms. The van der Waals surface area contributed by atoms with Gasteiger partial charge in [0.05, 0.1) is 29.3 Å². The van der Waals surface area contributed by atoms with Crippen molar-refractivity contribution in [3.05, 3.63) is 75.0 Å². The lowest BCUT2D eigenvalue weighted by atomic mass is 10.1. The number of aliphatic hydroxyl groups excluding tert-OH is 1. The smallest absolute Gasteiger partial charge is 0.338 e. The van der Waals surface area contributed by atoms with Gasteiger partial charge < -0.3 is 9.84 Å². The lowest BCUT2D eigenvalue weighted by Gasteiger charge is -2.15. The molecule has 6 nitrogen and oxygen atoms in total. The third-order valence-electron chi connectivity index (χ3n) is 4.31. The molecule has 0 saturated carbocycles. The van der Waals surface area contributed by atoms with Crippen molar-refractivity contribution in [1.29, 1.82) is 0 Å². The van der Waals surface area contributed by atoms with Gasteiger partial charge in [-0.05, 0) is 36.2 Å². The second-order valence-corrected chi connectivity index (χ2v) is 7.22. The van der Waals surface area contributed by atoms with Crippen LogP contribution >= 0.6 is 23.2 Å². The summed E-state index contributed by atoms with van der Waals surface area (Å²) >= 11 is 12.0. The Morgan fingerprint density at radius 2 is 1.76 bits per heavy atom. The van der Waals surface area contributed by atoms with Crippen LogP contribution < -0.4 is 0 Å². The van der Waals surface area contributed by atoms with E-state index in [1.54, 1.807) is 24.3 Å². The fourth-order valence-electron chi connectivity index (χ4n) is 2.85. The zero-order valence-corrected chi connectivity index (χ0v) is 17.0. The van der Waals surface area contributed by atoms with E-state index in [1.807, 2.05) is 6.92 Å². The first-order chi connectivity index (χ1) is 13.8. The molecule has 0 saturated heterocycles. The van der Waals surface area contributed by atoms with Gasteiger partial charge >= 0.3 is 5.97 Å². The van der Waals surface area contributed by atoms with E-state index in [2.05, 4.69) is 0 Å². The van der Waals surface area contributed by atoms with Crippen LogP contribution in [0.15, 0.2) is 48.2 Å². The maximum atomic E-state index is 12.8. The molecule has 1 aliphatic heterocycles. The maximum Gasteiger partial charge on any atom is 0.338 e. The Morgan fingerprint density at radius 1 is 1.07 bits per heavy atom. The number of aliphatic hydroxyl groups is 1. The monoisotopic (exact) mass is 433 g/mol. The summed E-state index contributed by atoms with van der Waals surface area (Å²) in [5.41, 5.74) is 1.03. The molecule has 0 unspecified atom stereocenters. The quantitative estimate of drug-likeness (QED) is 0.538. The number of benzene rings is 2. The SMILES string of the molecule is CCCOC(=O)c1ccc(CN2C(=O)C(O)=C(c3ccc(Cl)cc3Cl)C2=O)cc1. The fraction of sp³-hybridized carbons (Fsp3) is 0.190. The number of carbonyl (C=O) groups excluding carboxylic acids is 3. The van der Waals surface area contributed by atoms with Crippen LogP contribution in [0.4, 0.5) is 0 Å². The van der Waals surface area contributed by atoms with Crippen LogP contribution in [0.5, 0.6) is 0 Å². The van der Waals surface area contributed by atoms with Gasteiger partial charge in [0.25, 0.3) is 11.8 Å². The summed E-state index contributed by atoms with van der Waals surface area (Å²) in [5, 5.41) is 10.8. The summed E-state index contributed by atoms with van der Waals surface area (Å²) in [6.45, 7) is 2.16. The van der Waals surface area contributed by atoms with Gasteiger partial charge in [-0.2, -0.15) is 0 Å². The molecule has 0 aliphatic carbocycles. The van der Waals surface area contributed by atoms with E-state index in [0.717, 1.165) is 11.3 Å². The molecule has 2 amide bonds. The summed E-state index contributed by atoms with van der Waals surface area (Å²) in [4.78, 5) is 38.0. The first kappa shape index (κ1) is 20.9. The van der Waals surface area contributed by atoms with Crippen molar-refractivity contribution in [3.8, 4) is 0 Å². The molecular weight excluding hydrogens is 417 g/mol. The largest absolute Gasteiger partial charge is 0.502 e. The van der Waals surface area contributed by atoms with Gasteiger partial charge in [-0.25, -0.2) is 4.79 Å². The highest BCUT2D eigenvalue weighted by Crippen LogP contribution is 2.34. The Labute approximate surface area is 177 Å². The molecule has 0 aromatic heterocycles. The van der Waals surface area contributed by atoms with Crippen molar-refractivity contribution in [2.24, 2.45) is 0 Å². The normalized spacial score (nSPS) is 14.0. The minimum absolute atomic E-state index is 0.0687. The molecule has 1 aliphatic rings. The Bertz CT molecular complexity index is 1010. The summed E-state index contributed by atoms with van der Waals surface area (Å²) < 4.78 is 5.06. The van der Waals surface area contributed by atoms with Gasteiger partial charge in [0.1, 0.15) is 0 Å². The third-order valence-corrected chi connectivity index (χ3v) is 4.86. The molecule has 0 spiro atoms. The number of nitrogens with zero attached hydrogens (tertiary/aromatic N) is 1. The van der Waals surface area contributed by atoms with Gasteiger partial charge in [0.15, 0.2) is 5.76 Å². The zero-order valence-electron chi connectivity index (χ0n) is 15.4. The third kappa shape index (κ3) is 4.28. The van der Waals surface area contributed by atoms with E-state index >= 15 is 0 Å². The van der Waals surface area contributed by atoms with Gasteiger partial charge in [-0.15, -0.1) is 0 Å². The topological polar surface area (TPSA) is 83.9 Å². The van der Waals surface area contributed by atoms with Crippen molar-refractivity contribution < 1.29 is 24.2 Å². The van der Waals surface area contributed by atoms with Crippen LogP contribution in [0.3, 0.4) is 0 Å². The standard InChI is InChI=1S/C21H17Cl2NO5/c1-2-9-29-21(28)13-5-3-12(4-6-13)11-24-19(26)17(18(25)20(24)27)15-8-7-14(22)10-16(15)23/h3-8,10,25H,2,9,11H2,1H3. The first-order valence-corrected chi connectivity index (χ1v) is 9.60. The van der Waals surface area contributed by atoms with E-state index in [4.69, 9.17) is 27.9 Å². The van der Waals surface area contributed by atoms with E-state index in [1.165, 1.54) is 18.2 Å². The van der Waals surface area contributed by atoms with Crippen LogP contribution in [-0.2, 0) is 20.9 Å². The second-order valence-electron chi connectivity index (χ2n) is 6.38. The second kappa shape index (κ2) is 8.68. The summed E-state index contributed by atoms with van der Waals surface area (Å²) in [5.74, 6) is -2.59. The number of hydrogen-bond acceptors (Lipinski definition) is 5. The number of halogens is 2. The van der Waals surface area contributed by atoms with E-state index in [-0.39, 0.29) is 22.7 Å². The highest BCUT2D eigenvalue weighted by atomic mass is 35.5. The molecule has 0 bridgehead atoms. The van der Waals surface area contributed by atoms with E-state index in [9.17, 15) is 19.5 Å². The minimum Gasteiger partial charge on any atom is -0.502 e. The van der Waals surface area contributed by atoms with Crippen LogP contribution in [0.25, 0.3) is 5.57 Å². The summed E-state index contributed by atoms with van der Waals surface area (Å²) in [6, 6.07) is 10.8. The molecular formula is C21H17Cl2NO5. The van der Waals surface area contributed by atoms with Crippen LogP contribution in [0.1, 0.15) is 34.8 Å². The number of hydrogen-bond donors (Lipinski definition) is 1. The van der Waals surface area contributed by atoms with Crippen molar-refractivity contribution in [1.82, 2.24) is 4.90 Å². The van der Waals surface area contributed by atoms with Gasteiger partial charge in [0, 0.05) is 10.6 Å². The van der Waals surface area contributed by atoms with Crippen molar-refractivity contribution in [2.75, 3.05) is 6.61 Å². The average Bonchev–Trinajstić information content (AvgIpc) is 2.90. The highest BCUT2D eigenvalue weighted by molar-refractivity contribution is 6.40. The average molecular weight is 434 g/mol. The van der Waals surface area contributed by atoms with Crippen LogP contribution in [-0.4, -0.2) is 34.4 Å². The number of imide groups is 1. The molecule has 2 aromatic rings. The minimum atomic E-state index is -0.817. The summed E-state index contributed by atoms with van der Waals surface area (Å²) in [6.07, 6.45) is 0.722. The first-order valence-electron chi connectivity index (χ1n) is 8.84. The number of carbonyl (C=O) groups is 3. The molecule has 1 N–H and O–H groups in total. The Hall–Kier alpha value is -2.83. The Morgan fingerprint density at radius 3 is 2.38 bits per heavy atom. The molecule has 2 aromatic carbocycles. The molecule has 0 radical (unpaired) electrons. The molecule has 3 rings (SSSR count). The molecule has 150 valence electrons. The number of rotatable bonds is 6. The number of ether oxygens (including phenoxy) is 1. The molecule has 0 fully saturated rings. The summed E-state index contributed by atoms with van der Waals surface area (Å²) in [7, 11) is 0. The predicted octanol–water partition coefficient (Wildman–Crippen LogP) is 4.40. The maximum absolute atomic E-state index is 12.8. The van der Waals surface area contributed by atoms with Crippen LogP contribution in [0.2, 0.25) is 10.0 Å². The van der Waals surface area contributed by atoms with Gasteiger partial charge in [-0.3, -0.25) is 14.5 Å². The highest BCUT2D eigenvalue weighted by Gasteiger charge is 2.39.